The summed E-state index contributed by atoms with van der Waals surface area (Å²) in [7, 11) is -3.68. The molecule has 1 heterocycles. The lowest BCUT2D eigenvalue weighted by molar-refractivity contribution is 0.600. The van der Waals surface area contributed by atoms with E-state index in [1.54, 1.807) is 11.4 Å². The van der Waals surface area contributed by atoms with Gasteiger partial charge in [0.1, 0.15) is 0 Å². The number of benzene rings is 1. The van der Waals surface area contributed by atoms with Crippen LogP contribution in [0.2, 0.25) is 0 Å². The third kappa shape index (κ3) is 3.36. The number of nitrogens with zero attached hydrogens (tertiary/aromatic N) is 1. The van der Waals surface area contributed by atoms with Crippen molar-refractivity contribution in [3.63, 3.8) is 0 Å². The standard InChI is InChI=1S/C14H19N3O2S2/c1-4-10-6-12(15)11(5-2)13(7-10)21(18,19)17-14-16-9(3)8-20-14/h6-8H,4-5,15H2,1-3H3,(H,16,17). The zero-order chi connectivity index (χ0) is 15.6. The summed E-state index contributed by atoms with van der Waals surface area (Å²) >= 11 is 1.27. The van der Waals surface area contributed by atoms with E-state index in [9.17, 15) is 8.42 Å². The molecule has 7 heteroatoms. The Balaban J connectivity index is 2.50. The number of thiazole rings is 1. The van der Waals surface area contributed by atoms with E-state index in [4.69, 9.17) is 5.73 Å². The molecule has 0 bridgehead atoms. The molecule has 0 aliphatic rings. The summed E-state index contributed by atoms with van der Waals surface area (Å²) in [4.78, 5) is 4.38. The first kappa shape index (κ1) is 15.8. The van der Waals surface area contributed by atoms with Crippen LogP contribution in [-0.4, -0.2) is 13.4 Å². The minimum absolute atomic E-state index is 0.245. The average Bonchev–Trinajstić information content (AvgIpc) is 2.82. The van der Waals surface area contributed by atoms with Crippen molar-refractivity contribution in [2.75, 3.05) is 10.5 Å². The molecule has 0 aliphatic carbocycles. The first-order chi connectivity index (χ1) is 9.87. The molecule has 1 aromatic heterocycles. The van der Waals surface area contributed by atoms with Crippen LogP contribution in [0, 0.1) is 6.92 Å². The lowest BCUT2D eigenvalue weighted by Crippen LogP contribution is -2.16. The van der Waals surface area contributed by atoms with Gasteiger partial charge in [0.2, 0.25) is 0 Å². The summed E-state index contributed by atoms with van der Waals surface area (Å²) in [6.45, 7) is 5.68. The highest BCUT2D eigenvalue weighted by atomic mass is 32.2. The van der Waals surface area contributed by atoms with Gasteiger partial charge in [0.05, 0.1) is 10.6 Å². The maximum Gasteiger partial charge on any atom is 0.264 e. The van der Waals surface area contributed by atoms with Crippen LogP contribution in [0.25, 0.3) is 0 Å². The number of nitrogens with two attached hydrogens (primary N) is 1. The monoisotopic (exact) mass is 325 g/mol. The van der Waals surface area contributed by atoms with Crippen LogP contribution >= 0.6 is 11.3 Å². The van der Waals surface area contributed by atoms with E-state index in [2.05, 4.69) is 9.71 Å². The van der Waals surface area contributed by atoms with Gasteiger partial charge in [0.25, 0.3) is 10.0 Å². The van der Waals surface area contributed by atoms with Gasteiger partial charge in [0.15, 0.2) is 5.13 Å². The van der Waals surface area contributed by atoms with Crippen molar-refractivity contribution in [2.24, 2.45) is 0 Å². The Morgan fingerprint density at radius 1 is 1.29 bits per heavy atom. The molecule has 0 aliphatic heterocycles. The molecule has 0 saturated carbocycles. The Hall–Kier alpha value is -1.60. The van der Waals surface area contributed by atoms with Crippen LogP contribution < -0.4 is 10.5 Å². The molecule has 0 radical (unpaired) electrons. The van der Waals surface area contributed by atoms with Crippen molar-refractivity contribution in [1.82, 2.24) is 4.98 Å². The predicted octanol–water partition coefficient (Wildman–Crippen LogP) is 2.96. The highest BCUT2D eigenvalue weighted by molar-refractivity contribution is 7.93. The molecule has 0 saturated heterocycles. The van der Waals surface area contributed by atoms with E-state index in [0.29, 0.717) is 22.8 Å². The third-order valence-electron chi connectivity index (χ3n) is 3.20. The van der Waals surface area contributed by atoms with Crippen molar-refractivity contribution in [1.29, 1.82) is 0 Å². The molecule has 2 rings (SSSR count). The maximum absolute atomic E-state index is 12.6. The van der Waals surface area contributed by atoms with Crippen molar-refractivity contribution >= 4 is 32.2 Å². The number of sulfonamides is 1. The number of anilines is 2. The number of nitrogens with one attached hydrogen (secondary N) is 1. The molecule has 1 aromatic carbocycles. The van der Waals surface area contributed by atoms with E-state index in [1.807, 2.05) is 26.8 Å². The van der Waals surface area contributed by atoms with Crippen LogP contribution in [-0.2, 0) is 22.9 Å². The quantitative estimate of drug-likeness (QED) is 0.828. The van der Waals surface area contributed by atoms with E-state index in [0.717, 1.165) is 17.7 Å². The molecule has 0 atom stereocenters. The number of hydrogen-bond donors (Lipinski definition) is 2. The second kappa shape index (κ2) is 6.03. The summed E-state index contributed by atoms with van der Waals surface area (Å²) < 4.78 is 27.8. The fourth-order valence-electron chi connectivity index (χ4n) is 2.12. The van der Waals surface area contributed by atoms with Gasteiger partial charge in [-0.2, -0.15) is 0 Å². The highest BCUT2D eigenvalue weighted by Crippen LogP contribution is 2.27. The lowest BCUT2D eigenvalue weighted by Gasteiger charge is -2.14. The zero-order valence-electron chi connectivity index (χ0n) is 12.3. The normalized spacial score (nSPS) is 11.6. The van der Waals surface area contributed by atoms with Crippen LogP contribution in [0.4, 0.5) is 10.8 Å². The van der Waals surface area contributed by atoms with Gasteiger partial charge in [0, 0.05) is 11.1 Å². The second-order valence-corrected chi connectivity index (χ2v) is 7.28. The largest absolute Gasteiger partial charge is 0.398 e. The van der Waals surface area contributed by atoms with E-state index in [-0.39, 0.29) is 4.90 Å². The van der Waals surface area contributed by atoms with Gasteiger partial charge < -0.3 is 5.73 Å². The first-order valence-electron chi connectivity index (χ1n) is 6.73. The first-order valence-corrected chi connectivity index (χ1v) is 9.09. The number of nitrogen functional groups attached to an aromatic ring is 1. The fraction of sp³-hybridized carbons (Fsp3) is 0.357. The zero-order valence-corrected chi connectivity index (χ0v) is 13.9. The molecule has 0 fully saturated rings. The Bertz CT molecular complexity index is 752. The summed E-state index contributed by atoms with van der Waals surface area (Å²) in [5.74, 6) is 0. The minimum Gasteiger partial charge on any atom is -0.398 e. The molecular weight excluding hydrogens is 306 g/mol. The van der Waals surface area contributed by atoms with Gasteiger partial charge in [-0.25, -0.2) is 13.4 Å². The van der Waals surface area contributed by atoms with Gasteiger partial charge in [-0.3, -0.25) is 4.72 Å². The molecular formula is C14H19N3O2S2. The average molecular weight is 325 g/mol. The molecule has 114 valence electrons. The summed E-state index contributed by atoms with van der Waals surface area (Å²) in [5, 5.41) is 2.17. The molecule has 2 aromatic rings. The van der Waals surface area contributed by atoms with Crippen LogP contribution in [0.5, 0.6) is 0 Å². The van der Waals surface area contributed by atoms with Crippen LogP contribution in [0.3, 0.4) is 0 Å². The van der Waals surface area contributed by atoms with Crippen molar-refractivity contribution in [3.8, 4) is 0 Å². The maximum atomic E-state index is 12.6. The topological polar surface area (TPSA) is 85.1 Å². The Morgan fingerprint density at radius 2 is 2.00 bits per heavy atom. The summed E-state index contributed by atoms with van der Waals surface area (Å²) in [6.07, 6.45) is 1.29. The van der Waals surface area contributed by atoms with E-state index < -0.39 is 10.0 Å². The lowest BCUT2D eigenvalue weighted by atomic mass is 10.1. The van der Waals surface area contributed by atoms with Crippen molar-refractivity contribution < 1.29 is 8.42 Å². The van der Waals surface area contributed by atoms with Crippen molar-refractivity contribution in [2.45, 2.75) is 38.5 Å². The molecule has 21 heavy (non-hydrogen) atoms. The van der Waals surface area contributed by atoms with Gasteiger partial charge in [-0.05, 0) is 43.0 Å². The smallest absolute Gasteiger partial charge is 0.264 e. The minimum atomic E-state index is -3.68. The Labute approximate surface area is 129 Å². The molecule has 5 nitrogen and oxygen atoms in total. The van der Waals surface area contributed by atoms with Crippen LogP contribution in [0.15, 0.2) is 22.4 Å². The number of rotatable bonds is 5. The van der Waals surface area contributed by atoms with Crippen molar-refractivity contribution in [3.05, 3.63) is 34.3 Å². The molecule has 0 spiro atoms. The van der Waals surface area contributed by atoms with Crippen LogP contribution in [0.1, 0.15) is 30.7 Å². The SMILES string of the molecule is CCc1cc(N)c(CC)c(S(=O)(=O)Nc2nc(C)cs2)c1. The third-order valence-corrected chi connectivity index (χ3v) is 5.61. The van der Waals surface area contributed by atoms with E-state index >= 15 is 0 Å². The molecule has 0 amide bonds. The summed E-state index contributed by atoms with van der Waals surface area (Å²) in [5.41, 5.74) is 8.85. The second-order valence-electron chi connectivity index (χ2n) is 4.77. The summed E-state index contributed by atoms with van der Waals surface area (Å²) in [6, 6.07) is 3.53. The molecule has 0 unspecified atom stereocenters. The number of hydrogen-bond acceptors (Lipinski definition) is 5. The Kier molecular flexibility index (Phi) is 4.53. The van der Waals surface area contributed by atoms with Gasteiger partial charge in [-0.15, -0.1) is 11.3 Å². The van der Waals surface area contributed by atoms with Gasteiger partial charge in [-0.1, -0.05) is 13.8 Å². The Morgan fingerprint density at radius 3 is 2.52 bits per heavy atom. The van der Waals surface area contributed by atoms with Gasteiger partial charge >= 0.3 is 0 Å². The van der Waals surface area contributed by atoms with E-state index in [1.165, 1.54) is 11.3 Å². The molecule has 3 N–H and O–H groups in total. The fourth-order valence-corrected chi connectivity index (χ4v) is 4.45. The number of aromatic nitrogens is 1. The predicted molar refractivity (Wildman–Crippen MR) is 87.3 cm³/mol. The number of aryl methyl sites for hydroxylation is 2. The highest BCUT2D eigenvalue weighted by Gasteiger charge is 2.21.